The first-order chi connectivity index (χ1) is 9.28. The lowest BCUT2D eigenvalue weighted by molar-refractivity contribution is 1.40. The molecule has 0 unspecified atom stereocenters. The fraction of sp³-hybridized carbons (Fsp3) is 0.0625. The van der Waals surface area contributed by atoms with E-state index in [1.165, 1.54) is 0 Å². The monoisotopic (exact) mass is 268 g/mol. The average Bonchev–Trinajstić information content (AvgIpc) is 2.47. The Morgan fingerprint density at radius 3 is 2.47 bits per heavy atom. The van der Waals surface area contributed by atoms with Crippen LogP contribution in [0, 0.1) is 0 Å². The Kier molecular flexibility index (Phi) is 3.10. The van der Waals surface area contributed by atoms with E-state index >= 15 is 0 Å². The van der Waals surface area contributed by atoms with Crippen LogP contribution in [0.5, 0.6) is 0 Å². The highest BCUT2D eigenvalue weighted by atomic mass is 35.5. The largest absolute Gasteiger partial charge is 0.388 e. The second-order valence-corrected chi connectivity index (χ2v) is 4.70. The maximum absolute atomic E-state index is 6.28. The van der Waals surface area contributed by atoms with Crippen LogP contribution in [0.15, 0.2) is 54.6 Å². The van der Waals surface area contributed by atoms with Crippen molar-refractivity contribution in [1.29, 1.82) is 0 Å². The van der Waals surface area contributed by atoms with Crippen LogP contribution in [-0.2, 0) is 0 Å². The highest BCUT2D eigenvalue weighted by molar-refractivity contribution is 6.32. The number of hydrogen-bond donors (Lipinski definition) is 1. The molecule has 1 aromatic heterocycles. The maximum atomic E-state index is 6.28. The molecular weight excluding hydrogens is 256 g/mol. The summed E-state index contributed by atoms with van der Waals surface area (Å²) < 4.78 is 0. The van der Waals surface area contributed by atoms with Gasteiger partial charge in [0.2, 0.25) is 0 Å². The molecule has 1 heterocycles. The molecule has 0 spiro atoms. The Bertz CT molecular complexity index is 720. The van der Waals surface area contributed by atoms with Crippen molar-refractivity contribution < 1.29 is 0 Å². The first-order valence-electron chi connectivity index (χ1n) is 6.11. The predicted octanol–water partition coefficient (Wildman–Crippen LogP) is 4.60. The van der Waals surface area contributed by atoms with Crippen molar-refractivity contribution in [3.8, 4) is 11.1 Å². The van der Waals surface area contributed by atoms with Gasteiger partial charge in [-0.25, -0.2) is 4.98 Å². The van der Waals surface area contributed by atoms with Gasteiger partial charge in [0, 0.05) is 23.7 Å². The molecule has 0 bridgehead atoms. The summed E-state index contributed by atoms with van der Waals surface area (Å²) in [6.45, 7) is 0. The van der Waals surface area contributed by atoms with E-state index in [4.69, 9.17) is 11.6 Å². The summed E-state index contributed by atoms with van der Waals surface area (Å²) in [6, 6.07) is 18.2. The van der Waals surface area contributed by atoms with Crippen LogP contribution < -0.4 is 5.32 Å². The Balaban J connectivity index is 2.15. The number of benzene rings is 2. The van der Waals surface area contributed by atoms with Crippen LogP contribution in [0.25, 0.3) is 22.0 Å². The minimum atomic E-state index is 0.538. The normalized spacial score (nSPS) is 10.6. The van der Waals surface area contributed by atoms with E-state index in [1.807, 2.05) is 55.6 Å². The van der Waals surface area contributed by atoms with E-state index in [-0.39, 0.29) is 0 Å². The molecule has 0 saturated carbocycles. The van der Waals surface area contributed by atoms with Crippen molar-refractivity contribution in [3.63, 3.8) is 0 Å². The topological polar surface area (TPSA) is 24.9 Å². The Hall–Kier alpha value is -2.06. The van der Waals surface area contributed by atoms with Gasteiger partial charge in [0.15, 0.2) is 0 Å². The van der Waals surface area contributed by atoms with Gasteiger partial charge in [-0.3, -0.25) is 0 Å². The number of fused-ring (bicyclic) bond motifs is 1. The van der Waals surface area contributed by atoms with E-state index in [0.29, 0.717) is 5.15 Å². The highest BCUT2D eigenvalue weighted by Crippen LogP contribution is 2.30. The zero-order valence-electron chi connectivity index (χ0n) is 10.5. The molecule has 0 radical (unpaired) electrons. The summed E-state index contributed by atoms with van der Waals surface area (Å²) in [4.78, 5) is 4.44. The quantitative estimate of drug-likeness (QED) is 0.687. The molecule has 1 N–H and O–H groups in total. The first-order valence-corrected chi connectivity index (χ1v) is 6.49. The van der Waals surface area contributed by atoms with Crippen molar-refractivity contribution in [2.24, 2.45) is 0 Å². The number of nitrogens with one attached hydrogen (secondary N) is 1. The molecule has 0 atom stereocenters. The molecule has 0 aliphatic rings. The number of aromatic nitrogens is 1. The number of halogens is 1. The average molecular weight is 269 g/mol. The summed E-state index contributed by atoms with van der Waals surface area (Å²) in [6.07, 6.45) is 0. The van der Waals surface area contributed by atoms with Gasteiger partial charge in [-0.1, -0.05) is 41.9 Å². The van der Waals surface area contributed by atoms with E-state index in [1.54, 1.807) is 0 Å². The Labute approximate surface area is 117 Å². The maximum Gasteiger partial charge on any atom is 0.137 e. The van der Waals surface area contributed by atoms with E-state index in [9.17, 15) is 0 Å². The molecule has 0 aliphatic carbocycles. The SMILES string of the molecule is CNc1ccc(-c2cc3ccccc3nc2Cl)cc1. The summed E-state index contributed by atoms with van der Waals surface area (Å²) in [5.74, 6) is 0. The van der Waals surface area contributed by atoms with Crippen LogP contribution in [0.3, 0.4) is 0 Å². The van der Waals surface area contributed by atoms with Crippen molar-refractivity contribution in [1.82, 2.24) is 4.98 Å². The van der Waals surface area contributed by atoms with Crippen molar-refractivity contribution in [2.45, 2.75) is 0 Å². The number of anilines is 1. The summed E-state index contributed by atoms with van der Waals surface area (Å²) in [5, 5.41) is 4.74. The predicted molar refractivity (Wildman–Crippen MR) is 81.7 cm³/mol. The van der Waals surface area contributed by atoms with Gasteiger partial charge in [0.05, 0.1) is 5.52 Å². The zero-order valence-corrected chi connectivity index (χ0v) is 11.3. The van der Waals surface area contributed by atoms with Crippen LogP contribution in [-0.4, -0.2) is 12.0 Å². The lowest BCUT2D eigenvalue weighted by atomic mass is 10.1. The van der Waals surface area contributed by atoms with E-state index in [2.05, 4.69) is 16.4 Å². The molecule has 3 aromatic rings. The molecule has 2 aromatic carbocycles. The van der Waals surface area contributed by atoms with Gasteiger partial charge in [0.25, 0.3) is 0 Å². The number of hydrogen-bond acceptors (Lipinski definition) is 2. The summed E-state index contributed by atoms with van der Waals surface area (Å²) in [5.41, 5.74) is 4.03. The number of rotatable bonds is 2. The standard InChI is InChI=1S/C16H13ClN2/c1-18-13-8-6-11(7-9-13)14-10-12-4-2-3-5-15(12)19-16(14)17/h2-10,18H,1H3. The number of para-hydroxylation sites is 1. The summed E-state index contributed by atoms with van der Waals surface area (Å²) in [7, 11) is 1.90. The molecule has 0 saturated heterocycles. The van der Waals surface area contributed by atoms with Gasteiger partial charge < -0.3 is 5.32 Å². The van der Waals surface area contributed by atoms with Gasteiger partial charge in [-0.15, -0.1) is 0 Å². The molecule has 19 heavy (non-hydrogen) atoms. The molecule has 2 nitrogen and oxygen atoms in total. The van der Waals surface area contributed by atoms with Crippen molar-refractivity contribution in [2.75, 3.05) is 12.4 Å². The molecule has 0 amide bonds. The lowest BCUT2D eigenvalue weighted by Gasteiger charge is -2.07. The number of pyridine rings is 1. The second-order valence-electron chi connectivity index (χ2n) is 4.35. The summed E-state index contributed by atoms with van der Waals surface area (Å²) >= 11 is 6.28. The van der Waals surface area contributed by atoms with Crippen LogP contribution in [0.2, 0.25) is 5.15 Å². The zero-order chi connectivity index (χ0) is 13.2. The van der Waals surface area contributed by atoms with Gasteiger partial charge in [-0.05, 0) is 29.8 Å². The van der Waals surface area contributed by atoms with Gasteiger partial charge in [0.1, 0.15) is 5.15 Å². The first kappa shape index (κ1) is 12.0. The Morgan fingerprint density at radius 2 is 1.74 bits per heavy atom. The van der Waals surface area contributed by atoms with Crippen LogP contribution >= 0.6 is 11.6 Å². The van der Waals surface area contributed by atoms with Crippen LogP contribution in [0.4, 0.5) is 5.69 Å². The van der Waals surface area contributed by atoms with E-state index in [0.717, 1.165) is 27.7 Å². The molecule has 3 heteroatoms. The molecule has 94 valence electrons. The van der Waals surface area contributed by atoms with Crippen molar-refractivity contribution in [3.05, 3.63) is 59.8 Å². The Morgan fingerprint density at radius 1 is 1.00 bits per heavy atom. The third-order valence-corrected chi connectivity index (χ3v) is 3.45. The fourth-order valence-electron chi connectivity index (χ4n) is 2.11. The molecule has 0 fully saturated rings. The third kappa shape index (κ3) is 2.27. The fourth-order valence-corrected chi connectivity index (χ4v) is 2.37. The minimum Gasteiger partial charge on any atom is -0.388 e. The molecule has 3 rings (SSSR count). The van der Waals surface area contributed by atoms with Crippen LogP contribution in [0.1, 0.15) is 0 Å². The van der Waals surface area contributed by atoms with Gasteiger partial charge in [-0.2, -0.15) is 0 Å². The second kappa shape index (κ2) is 4.90. The van der Waals surface area contributed by atoms with E-state index < -0.39 is 0 Å². The van der Waals surface area contributed by atoms with Crippen molar-refractivity contribution >= 4 is 28.2 Å². The molecular formula is C16H13ClN2. The smallest absolute Gasteiger partial charge is 0.137 e. The molecule has 0 aliphatic heterocycles. The van der Waals surface area contributed by atoms with Gasteiger partial charge >= 0.3 is 0 Å². The lowest BCUT2D eigenvalue weighted by Crippen LogP contribution is -1.89. The minimum absolute atomic E-state index is 0.538. The highest BCUT2D eigenvalue weighted by Gasteiger charge is 2.07. The number of nitrogens with zero attached hydrogens (tertiary/aromatic N) is 1. The third-order valence-electron chi connectivity index (χ3n) is 3.16.